The summed E-state index contributed by atoms with van der Waals surface area (Å²) in [5, 5.41) is 9.45. The Balaban J connectivity index is 1.32. The van der Waals surface area contributed by atoms with E-state index in [-0.39, 0.29) is 12.1 Å². The molecule has 0 radical (unpaired) electrons. The third kappa shape index (κ3) is 7.34. The first-order valence-electron chi connectivity index (χ1n) is 15.0. The Kier molecular flexibility index (Phi) is 10.0. The molecule has 1 aliphatic heterocycles. The third-order valence-corrected chi connectivity index (χ3v) is 9.73. The monoisotopic (exact) mass is 708 g/mol. The highest BCUT2D eigenvalue weighted by Gasteiger charge is 2.37. The van der Waals surface area contributed by atoms with Crippen LogP contribution in [0.4, 0.5) is 5.95 Å². The molecule has 1 fully saturated rings. The lowest BCUT2D eigenvalue weighted by Crippen LogP contribution is -2.32. The molecule has 0 spiro atoms. The van der Waals surface area contributed by atoms with Gasteiger partial charge in [-0.05, 0) is 79.6 Å². The Hall–Kier alpha value is -3.47. The maximum absolute atomic E-state index is 13.9. The molecule has 1 aromatic heterocycles. The fraction of sp³-hybridized carbons (Fsp3) is 0.324. The van der Waals surface area contributed by atoms with Gasteiger partial charge in [0.15, 0.2) is 11.5 Å². The van der Waals surface area contributed by atoms with Crippen LogP contribution in [0.25, 0.3) is 0 Å². The first-order chi connectivity index (χ1) is 21.9. The van der Waals surface area contributed by atoms with Gasteiger partial charge < -0.3 is 19.5 Å². The average Bonchev–Trinajstić information content (AvgIpc) is 3.45. The highest BCUT2D eigenvalue weighted by atomic mass is 79.9. The Labute approximate surface area is 280 Å². The largest absolute Gasteiger partial charge is 0.493 e. The molecule has 1 atom stereocenters. The van der Waals surface area contributed by atoms with Crippen molar-refractivity contribution in [3.8, 4) is 11.5 Å². The number of carbonyl (C=O) groups excluding carboxylic acids is 1. The number of rotatable bonds is 10. The molecule has 2 heterocycles. The van der Waals surface area contributed by atoms with Gasteiger partial charge in [0.2, 0.25) is 11.1 Å². The summed E-state index contributed by atoms with van der Waals surface area (Å²) in [4.78, 5) is 18.6. The number of methoxy groups -OCH3 is 1. The van der Waals surface area contributed by atoms with Gasteiger partial charge in [-0.25, -0.2) is 9.48 Å². The molecule has 1 unspecified atom stereocenters. The van der Waals surface area contributed by atoms with Gasteiger partial charge in [-0.3, -0.25) is 0 Å². The van der Waals surface area contributed by atoms with Gasteiger partial charge in [0.05, 0.1) is 12.7 Å². The maximum Gasteiger partial charge on any atom is 0.338 e. The molecule has 0 saturated heterocycles. The Morgan fingerprint density at radius 1 is 1.07 bits per heavy atom. The van der Waals surface area contributed by atoms with Gasteiger partial charge >= 0.3 is 5.97 Å². The van der Waals surface area contributed by atoms with E-state index in [0.29, 0.717) is 51.3 Å². The van der Waals surface area contributed by atoms with Gasteiger partial charge in [0, 0.05) is 20.9 Å². The molecule has 1 saturated carbocycles. The zero-order valence-electron chi connectivity index (χ0n) is 25.1. The highest BCUT2D eigenvalue weighted by Crippen LogP contribution is 2.41. The van der Waals surface area contributed by atoms with E-state index >= 15 is 0 Å². The van der Waals surface area contributed by atoms with Crippen LogP contribution < -0.4 is 14.8 Å². The molecule has 0 amide bonds. The molecule has 4 aromatic rings. The Morgan fingerprint density at radius 2 is 1.89 bits per heavy atom. The van der Waals surface area contributed by atoms with Crippen LogP contribution in [0.15, 0.2) is 87.6 Å². The van der Waals surface area contributed by atoms with E-state index in [2.05, 4.69) is 21.2 Å². The summed E-state index contributed by atoms with van der Waals surface area (Å²) in [5.41, 5.74) is 3.99. The lowest BCUT2D eigenvalue weighted by atomic mass is 9.94. The number of benzene rings is 3. The highest BCUT2D eigenvalue weighted by molar-refractivity contribution is 9.10. The third-order valence-electron chi connectivity index (χ3n) is 7.98. The van der Waals surface area contributed by atoms with Crippen molar-refractivity contribution in [2.24, 2.45) is 0 Å². The molecule has 1 aliphatic carbocycles. The molecule has 1 N–H and O–H groups in total. The number of hydrogen-bond acceptors (Lipinski definition) is 8. The maximum atomic E-state index is 13.9. The van der Waals surface area contributed by atoms with Crippen molar-refractivity contribution in [1.29, 1.82) is 0 Å². The van der Waals surface area contributed by atoms with Gasteiger partial charge in [-0.15, -0.1) is 5.10 Å². The van der Waals surface area contributed by atoms with Crippen molar-refractivity contribution in [3.63, 3.8) is 0 Å². The standard InChI is InChI=1S/C34H34BrClN4O4S/c1-21-30(32(41)44-26-12-4-3-5-13-26)31(40-33(37-21)38-34(39-40)45-20-24-10-6-7-14-27(24)36)23-15-16-28(29(18-23)42-2)43-19-22-9-8-11-25(35)17-22/h6-11,14-18,26,31H,3-5,12-13,19-20H2,1-2H3,(H,37,38,39). The van der Waals surface area contributed by atoms with Gasteiger partial charge in [0.1, 0.15) is 18.8 Å². The zero-order chi connectivity index (χ0) is 31.3. The van der Waals surface area contributed by atoms with Crippen molar-refractivity contribution in [3.05, 3.63) is 104 Å². The quantitative estimate of drug-likeness (QED) is 0.129. The molecule has 11 heteroatoms. The number of aromatic nitrogens is 3. The number of hydrogen-bond donors (Lipinski definition) is 1. The first-order valence-corrected chi connectivity index (χ1v) is 17.1. The van der Waals surface area contributed by atoms with Crippen molar-refractivity contribution >= 4 is 51.2 Å². The molecular formula is C34H34BrClN4O4S. The van der Waals surface area contributed by atoms with E-state index < -0.39 is 6.04 Å². The Morgan fingerprint density at radius 3 is 2.67 bits per heavy atom. The second-order valence-corrected chi connectivity index (χ2v) is 13.4. The summed E-state index contributed by atoms with van der Waals surface area (Å²) >= 11 is 11.4. The molecule has 45 heavy (non-hydrogen) atoms. The minimum absolute atomic E-state index is 0.0885. The predicted octanol–water partition coefficient (Wildman–Crippen LogP) is 8.74. The van der Waals surface area contributed by atoms with E-state index in [4.69, 9.17) is 35.9 Å². The van der Waals surface area contributed by atoms with E-state index in [9.17, 15) is 4.79 Å². The first kappa shape index (κ1) is 31.5. The van der Waals surface area contributed by atoms with Crippen LogP contribution in [0.2, 0.25) is 5.02 Å². The summed E-state index contributed by atoms with van der Waals surface area (Å²) in [5.74, 6) is 1.94. The number of nitrogens with zero attached hydrogens (tertiary/aromatic N) is 3. The molecule has 2 aliphatic rings. The minimum atomic E-state index is -0.590. The molecule has 0 bridgehead atoms. The topological polar surface area (TPSA) is 87.5 Å². The molecular weight excluding hydrogens is 676 g/mol. The number of nitrogens with one attached hydrogen (secondary N) is 1. The summed E-state index contributed by atoms with van der Waals surface area (Å²) in [6, 6.07) is 20.8. The van der Waals surface area contributed by atoms with E-state index in [1.165, 1.54) is 18.2 Å². The smallest absolute Gasteiger partial charge is 0.338 e. The SMILES string of the molecule is COc1cc(C2C(C(=O)OC3CCCCC3)=C(C)Nc3nc(SCc4ccccc4Cl)nn32)ccc1OCc1cccc(Br)c1. The van der Waals surface area contributed by atoms with Gasteiger partial charge in [-0.2, -0.15) is 4.98 Å². The lowest BCUT2D eigenvalue weighted by Gasteiger charge is -2.30. The number of ether oxygens (including phenoxy) is 3. The minimum Gasteiger partial charge on any atom is -0.493 e. The second-order valence-electron chi connectivity index (χ2n) is 11.1. The molecule has 6 rings (SSSR count). The fourth-order valence-electron chi connectivity index (χ4n) is 5.68. The van der Waals surface area contributed by atoms with E-state index in [1.807, 2.05) is 73.7 Å². The zero-order valence-corrected chi connectivity index (χ0v) is 28.3. The number of carbonyl (C=O) groups is 1. The van der Waals surface area contributed by atoms with Crippen LogP contribution in [0, 0.1) is 0 Å². The summed E-state index contributed by atoms with van der Waals surface area (Å²) < 4.78 is 20.8. The number of esters is 1. The van der Waals surface area contributed by atoms with Crippen LogP contribution in [0.1, 0.15) is 61.8 Å². The number of thioether (sulfide) groups is 1. The average molecular weight is 710 g/mol. The normalized spacial score (nSPS) is 16.6. The number of fused-ring (bicyclic) bond motifs is 1. The van der Waals surface area contributed by atoms with Gasteiger partial charge in [-0.1, -0.05) is 82.1 Å². The van der Waals surface area contributed by atoms with Crippen LogP contribution in [0.3, 0.4) is 0 Å². The summed E-state index contributed by atoms with van der Waals surface area (Å²) in [6.45, 7) is 2.26. The molecule has 234 valence electrons. The van der Waals surface area contributed by atoms with Crippen LogP contribution in [-0.4, -0.2) is 33.9 Å². The second kappa shape index (κ2) is 14.3. The van der Waals surface area contributed by atoms with E-state index in [1.54, 1.807) is 11.8 Å². The van der Waals surface area contributed by atoms with Crippen molar-refractivity contribution < 1.29 is 19.0 Å². The summed E-state index contributed by atoms with van der Waals surface area (Å²) in [7, 11) is 1.61. The van der Waals surface area contributed by atoms with Crippen molar-refractivity contribution in [2.75, 3.05) is 12.4 Å². The van der Waals surface area contributed by atoms with Crippen LogP contribution in [-0.2, 0) is 21.9 Å². The summed E-state index contributed by atoms with van der Waals surface area (Å²) in [6.07, 6.45) is 4.98. The molecule has 3 aromatic carbocycles. The Bertz CT molecular complexity index is 1720. The van der Waals surface area contributed by atoms with Crippen molar-refractivity contribution in [2.45, 2.75) is 68.7 Å². The van der Waals surface area contributed by atoms with Crippen LogP contribution >= 0.6 is 39.3 Å². The van der Waals surface area contributed by atoms with Gasteiger partial charge in [0.25, 0.3) is 0 Å². The lowest BCUT2D eigenvalue weighted by molar-refractivity contribution is -0.146. The number of anilines is 1. The fourth-order valence-corrected chi connectivity index (χ4v) is 7.24. The molecule has 8 nitrogen and oxygen atoms in total. The van der Waals surface area contributed by atoms with E-state index in [0.717, 1.165) is 46.8 Å². The predicted molar refractivity (Wildman–Crippen MR) is 180 cm³/mol. The number of allylic oxidation sites excluding steroid dienone is 1. The number of halogens is 2. The van der Waals surface area contributed by atoms with Crippen LogP contribution in [0.5, 0.6) is 11.5 Å². The van der Waals surface area contributed by atoms with Crippen molar-refractivity contribution in [1.82, 2.24) is 14.8 Å².